The Morgan fingerprint density at radius 1 is 1.32 bits per heavy atom. The van der Waals surface area contributed by atoms with Gasteiger partial charge in [-0.15, -0.1) is 0 Å². The summed E-state index contributed by atoms with van der Waals surface area (Å²) in [6.45, 7) is 3.15. The topological polar surface area (TPSA) is 57.7 Å². The molecule has 0 aromatic heterocycles. The third kappa shape index (κ3) is 3.50. The molecule has 22 heavy (non-hydrogen) atoms. The van der Waals surface area contributed by atoms with Crippen LogP contribution in [0.15, 0.2) is 35.2 Å². The molecule has 1 aromatic carbocycles. The molecule has 1 amide bonds. The summed E-state index contributed by atoms with van der Waals surface area (Å²) >= 11 is 0. The zero-order chi connectivity index (χ0) is 16.2. The monoisotopic (exact) mass is 324 g/mol. The van der Waals surface area contributed by atoms with Crippen LogP contribution < -0.4 is 0 Å². The Balaban J connectivity index is 2.19. The second-order valence-electron chi connectivity index (χ2n) is 5.70. The molecule has 0 radical (unpaired) electrons. The molecule has 1 aromatic rings. The van der Waals surface area contributed by atoms with Crippen molar-refractivity contribution in [3.05, 3.63) is 30.3 Å². The normalized spacial score (nSPS) is 19.3. The molecule has 0 spiro atoms. The molecule has 1 aliphatic rings. The highest BCUT2D eigenvalue weighted by Crippen LogP contribution is 2.27. The Bertz CT molecular complexity index is 601. The van der Waals surface area contributed by atoms with Crippen LogP contribution in [0.1, 0.15) is 32.6 Å². The smallest absolute Gasteiger partial charge is 0.243 e. The van der Waals surface area contributed by atoms with Crippen LogP contribution in [0.4, 0.5) is 0 Å². The van der Waals surface area contributed by atoms with E-state index < -0.39 is 16.1 Å². The Morgan fingerprint density at radius 2 is 2.00 bits per heavy atom. The molecule has 2 rings (SSSR count). The summed E-state index contributed by atoms with van der Waals surface area (Å²) in [5.74, 6) is -0.0922. The number of rotatable bonds is 6. The molecule has 0 bridgehead atoms. The fourth-order valence-electron chi connectivity index (χ4n) is 2.76. The van der Waals surface area contributed by atoms with Gasteiger partial charge in [0, 0.05) is 20.1 Å². The lowest BCUT2D eigenvalue weighted by Crippen LogP contribution is -2.46. The van der Waals surface area contributed by atoms with Gasteiger partial charge in [-0.3, -0.25) is 4.79 Å². The van der Waals surface area contributed by atoms with E-state index in [-0.39, 0.29) is 10.8 Å². The number of hydrogen-bond acceptors (Lipinski definition) is 3. The van der Waals surface area contributed by atoms with Gasteiger partial charge in [-0.1, -0.05) is 31.5 Å². The second kappa shape index (κ2) is 7.24. The van der Waals surface area contributed by atoms with Gasteiger partial charge in [-0.2, -0.15) is 4.31 Å². The lowest BCUT2D eigenvalue weighted by molar-refractivity contribution is -0.133. The van der Waals surface area contributed by atoms with E-state index in [0.29, 0.717) is 19.5 Å². The van der Waals surface area contributed by atoms with E-state index in [9.17, 15) is 13.2 Å². The number of unbranched alkanes of at least 4 members (excludes halogenated alkanes) is 1. The number of nitrogens with zero attached hydrogens (tertiary/aromatic N) is 2. The molecule has 5 nitrogen and oxygen atoms in total. The fraction of sp³-hybridized carbons (Fsp3) is 0.562. The molecule has 122 valence electrons. The SMILES string of the molecule is CCCCN(C)C(=O)C1CCCN1S(=O)(=O)c1ccccc1. The Hall–Kier alpha value is -1.40. The van der Waals surface area contributed by atoms with Crippen molar-refractivity contribution >= 4 is 15.9 Å². The number of carbonyl (C=O) groups is 1. The maximum absolute atomic E-state index is 12.7. The summed E-state index contributed by atoms with van der Waals surface area (Å²) < 4.78 is 26.9. The minimum atomic E-state index is -3.60. The van der Waals surface area contributed by atoms with E-state index in [1.807, 2.05) is 0 Å². The van der Waals surface area contributed by atoms with Crippen molar-refractivity contribution in [2.24, 2.45) is 0 Å². The molecular weight excluding hydrogens is 300 g/mol. The Morgan fingerprint density at radius 3 is 2.64 bits per heavy atom. The van der Waals surface area contributed by atoms with Crippen LogP contribution in [0.25, 0.3) is 0 Å². The van der Waals surface area contributed by atoms with Crippen LogP contribution in [0.5, 0.6) is 0 Å². The number of benzene rings is 1. The van der Waals surface area contributed by atoms with Gasteiger partial charge in [-0.05, 0) is 31.4 Å². The number of hydrogen-bond donors (Lipinski definition) is 0. The van der Waals surface area contributed by atoms with Crippen molar-refractivity contribution in [3.63, 3.8) is 0 Å². The molecule has 0 N–H and O–H groups in total. The first-order valence-corrected chi connectivity index (χ1v) is 9.24. The lowest BCUT2D eigenvalue weighted by Gasteiger charge is -2.27. The van der Waals surface area contributed by atoms with Crippen LogP contribution in [-0.2, 0) is 14.8 Å². The van der Waals surface area contributed by atoms with Gasteiger partial charge in [0.05, 0.1) is 4.90 Å². The van der Waals surface area contributed by atoms with Crippen LogP contribution >= 0.6 is 0 Å². The second-order valence-corrected chi connectivity index (χ2v) is 7.59. The van der Waals surface area contributed by atoms with Crippen LogP contribution in [-0.4, -0.2) is 49.7 Å². The highest BCUT2D eigenvalue weighted by atomic mass is 32.2. The summed E-state index contributed by atoms with van der Waals surface area (Å²) in [4.78, 5) is 14.5. The van der Waals surface area contributed by atoms with Crippen LogP contribution in [0, 0.1) is 0 Å². The predicted octanol–water partition coefficient (Wildman–Crippen LogP) is 2.10. The van der Waals surface area contributed by atoms with Crippen LogP contribution in [0.2, 0.25) is 0 Å². The van der Waals surface area contributed by atoms with Gasteiger partial charge in [0.2, 0.25) is 15.9 Å². The minimum Gasteiger partial charge on any atom is -0.344 e. The minimum absolute atomic E-state index is 0.0922. The van der Waals surface area contributed by atoms with Crippen LogP contribution in [0.3, 0.4) is 0 Å². The fourth-order valence-corrected chi connectivity index (χ4v) is 4.43. The highest BCUT2D eigenvalue weighted by Gasteiger charge is 2.40. The number of sulfonamides is 1. The predicted molar refractivity (Wildman–Crippen MR) is 85.9 cm³/mol. The number of likely N-dealkylation sites (N-methyl/N-ethyl adjacent to an activating group) is 1. The first kappa shape index (κ1) is 17.0. The molecule has 1 saturated heterocycles. The van der Waals surface area contributed by atoms with Gasteiger partial charge >= 0.3 is 0 Å². The summed E-state index contributed by atoms with van der Waals surface area (Å²) in [5.41, 5.74) is 0. The van der Waals surface area contributed by atoms with Crippen molar-refractivity contribution in [1.82, 2.24) is 9.21 Å². The van der Waals surface area contributed by atoms with E-state index in [2.05, 4.69) is 6.92 Å². The molecular formula is C16H24N2O3S. The van der Waals surface area contributed by atoms with Crippen molar-refractivity contribution in [2.75, 3.05) is 20.1 Å². The van der Waals surface area contributed by atoms with Crippen molar-refractivity contribution < 1.29 is 13.2 Å². The van der Waals surface area contributed by atoms with E-state index in [4.69, 9.17) is 0 Å². The maximum Gasteiger partial charge on any atom is 0.243 e. The van der Waals surface area contributed by atoms with E-state index in [0.717, 1.165) is 19.3 Å². The Labute approximate surface area is 133 Å². The quantitative estimate of drug-likeness (QED) is 0.805. The van der Waals surface area contributed by atoms with E-state index in [1.165, 1.54) is 4.31 Å². The number of carbonyl (C=O) groups excluding carboxylic acids is 1. The lowest BCUT2D eigenvalue weighted by atomic mass is 10.2. The summed E-state index contributed by atoms with van der Waals surface area (Å²) in [6.07, 6.45) is 3.26. The molecule has 1 fully saturated rings. The third-order valence-electron chi connectivity index (χ3n) is 4.06. The molecule has 1 atom stereocenters. The van der Waals surface area contributed by atoms with Crippen molar-refractivity contribution in [3.8, 4) is 0 Å². The average Bonchev–Trinajstić information content (AvgIpc) is 3.03. The Kier molecular flexibility index (Phi) is 5.58. The van der Waals surface area contributed by atoms with Gasteiger partial charge < -0.3 is 4.90 Å². The van der Waals surface area contributed by atoms with E-state index >= 15 is 0 Å². The first-order valence-electron chi connectivity index (χ1n) is 7.80. The first-order chi connectivity index (χ1) is 10.5. The standard InChI is InChI=1S/C16H24N2O3S/c1-3-4-12-17(2)16(19)15-11-8-13-18(15)22(20,21)14-9-6-5-7-10-14/h5-7,9-10,15H,3-4,8,11-13H2,1-2H3. The largest absolute Gasteiger partial charge is 0.344 e. The molecule has 1 heterocycles. The molecule has 0 saturated carbocycles. The summed E-state index contributed by atoms with van der Waals surface area (Å²) in [6, 6.07) is 7.78. The number of amides is 1. The molecule has 6 heteroatoms. The molecule has 1 aliphatic heterocycles. The molecule has 0 aliphatic carbocycles. The summed E-state index contributed by atoms with van der Waals surface area (Å²) in [5, 5.41) is 0. The highest BCUT2D eigenvalue weighted by molar-refractivity contribution is 7.89. The van der Waals surface area contributed by atoms with Crippen molar-refractivity contribution in [1.29, 1.82) is 0 Å². The maximum atomic E-state index is 12.7. The average molecular weight is 324 g/mol. The van der Waals surface area contributed by atoms with E-state index in [1.54, 1.807) is 42.3 Å². The van der Waals surface area contributed by atoms with Crippen molar-refractivity contribution in [2.45, 2.75) is 43.5 Å². The van der Waals surface area contributed by atoms with Gasteiger partial charge in [0.25, 0.3) is 0 Å². The van der Waals surface area contributed by atoms with Gasteiger partial charge in [-0.25, -0.2) is 8.42 Å². The van der Waals surface area contributed by atoms with Gasteiger partial charge in [0.1, 0.15) is 6.04 Å². The summed E-state index contributed by atoms with van der Waals surface area (Å²) in [7, 11) is -1.85. The zero-order valence-corrected chi connectivity index (χ0v) is 14.1. The zero-order valence-electron chi connectivity index (χ0n) is 13.2. The van der Waals surface area contributed by atoms with Gasteiger partial charge in [0.15, 0.2) is 0 Å². The molecule has 1 unspecified atom stereocenters. The third-order valence-corrected chi connectivity index (χ3v) is 5.98.